The molecule has 0 aromatic heterocycles. The van der Waals surface area contributed by atoms with Gasteiger partial charge in [0, 0.05) is 32.7 Å². The minimum atomic E-state index is -0.322. The predicted molar refractivity (Wildman–Crippen MR) is 39.7 cm³/mol. The van der Waals surface area contributed by atoms with Gasteiger partial charge in [0.25, 0.3) is 0 Å². The van der Waals surface area contributed by atoms with Crippen LogP contribution >= 0.6 is 0 Å². The smallest absolute Gasteiger partial charge is 0.0812 e. The summed E-state index contributed by atoms with van der Waals surface area (Å²) in [6, 6.07) is 9.69. The largest absolute Gasteiger partial charge is 0.539 e. The number of ether oxygens (including phenoxy) is 1. The van der Waals surface area contributed by atoms with Crippen LogP contribution in [0.1, 0.15) is 11.7 Å². The molecule has 0 unspecified atom stereocenters. The van der Waals surface area contributed by atoms with E-state index in [1.54, 1.807) is 0 Å². The van der Waals surface area contributed by atoms with Crippen molar-refractivity contribution in [3.63, 3.8) is 0 Å². The molecule has 12 heavy (non-hydrogen) atoms. The van der Waals surface area contributed by atoms with E-state index < -0.39 is 0 Å². The molecule has 1 aliphatic heterocycles. The van der Waals surface area contributed by atoms with E-state index in [0.717, 1.165) is 5.56 Å². The average molecular weight is 236 g/mol. The zero-order valence-electron chi connectivity index (χ0n) is 6.44. The third kappa shape index (κ3) is 2.00. The van der Waals surface area contributed by atoms with Crippen molar-refractivity contribution < 1.29 is 42.2 Å². The maximum atomic E-state index is 10.1. The third-order valence-electron chi connectivity index (χ3n) is 1.74. The van der Waals surface area contributed by atoms with Crippen LogP contribution in [0.2, 0.25) is 0 Å². The van der Waals surface area contributed by atoms with Crippen molar-refractivity contribution >= 4 is 6.29 Å². The number of hydrogen-bond acceptors (Lipinski definition) is 2. The second-order valence-corrected chi connectivity index (χ2v) is 2.51. The van der Waals surface area contributed by atoms with E-state index in [0.29, 0.717) is 0 Å². The fourth-order valence-electron chi connectivity index (χ4n) is 1.10. The number of benzene rings is 1. The molecule has 1 aromatic carbocycles. The summed E-state index contributed by atoms with van der Waals surface area (Å²) in [6.07, 6.45) is 1.46. The van der Waals surface area contributed by atoms with E-state index in [2.05, 4.69) is 0 Å². The van der Waals surface area contributed by atoms with Crippen molar-refractivity contribution in [1.29, 1.82) is 0 Å². The van der Waals surface area contributed by atoms with Gasteiger partial charge in [-0.1, -0.05) is 30.3 Å². The molecule has 3 heteroatoms. The molecule has 1 saturated heterocycles. The second kappa shape index (κ2) is 4.26. The van der Waals surface area contributed by atoms with Crippen molar-refractivity contribution in [2.24, 2.45) is 0 Å². The van der Waals surface area contributed by atoms with Gasteiger partial charge in [-0.2, -0.15) is 0 Å². The number of epoxide rings is 1. The molecule has 1 radical (unpaired) electrons. The average Bonchev–Trinajstić information content (AvgIpc) is 2.85. The first kappa shape index (κ1) is 10.0. The summed E-state index contributed by atoms with van der Waals surface area (Å²) in [5.74, 6) is 0. The van der Waals surface area contributed by atoms with Crippen LogP contribution in [-0.4, -0.2) is 12.4 Å². The van der Waals surface area contributed by atoms with Gasteiger partial charge >= 0.3 is 0 Å². The first-order valence-corrected chi connectivity index (χ1v) is 3.50. The van der Waals surface area contributed by atoms with Crippen molar-refractivity contribution in [2.45, 2.75) is 12.2 Å². The van der Waals surface area contributed by atoms with Gasteiger partial charge in [-0.05, 0) is 11.7 Å². The van der Waals surface area contributed by atoms with Gasteiger partial charge in [-0.3, -0.25) is 0 Å². The zero-order valence-corrected chi connectivity index (χ0v) is 9.27. The Bertz CT molecular complexity index is 260. The molecule has 1 aliphatic rings. The third-order valence-corrected chi connectivity index (χ3v) is 1.74. The summed E-state index contributed by atoms with van der Waals surface area (Å²) in [7, 11) is 0. The Morgan fingerprint density at radius 3 is 2.42 bits per heavy atom. The maximum Gasteiger partial charge on any atom is 0.0812 e. The Morgan fingerprint density at radius 1 is 1.25 bits per heavy atom. The molecule has 2 nitrogen and oxygen atoms in total. The first-order chi connectivity index (χ1) is 5.42. The molecule has 0 aliphatic carbocycles. The molecule has 2 rings (SSSR count). The summed E-state index contributed by atoms with van der Waals surface area (Å²) in [5.41, 5.74) is 1.06. The number of rotatable bonds is 2. The SMILES string of the molecule is O=[C-][C@@H]1O[C@@H]1c1ccccc1.[Y]. The minimum absolute atomic E-state index is 0. The molecule has 0 bridgehead atoms. The van der Waals surface area contributed by atoms with Gasteiger partial charge in [0.2, 0.25) is 0 Å². The zero-order chi connectivity index (χ0) is 7.68. The normalized spacial score (nSPS) is 25.7. The summed E-state index contributed by atoms with van der Waals surface area (Å²) >= 11 is 0. The van der Waals surface area contributed by atoms with E-state index in [1.807, 2.05) is 36.6 Å². The molecule has 2 atom stereocenters. The van der Waals surface area contributed by atoms with Crippen LogP contribution in [0, 0.1) is 0 Å². The van der Waals surface area contributed by atoms with E-state index in [-0.39, 0.29) is 44.9 Å². The Hall–Kier alpha value is -0.0461. The van der Waals surface area contributed by atoms with Crippen molar-refractivity contribution in [2.75, 3.05) is 0 Å². The van der Waals surface area contributed by atoms with Crippen molar-refractivity contribution in [1.82, 2.24) is 0 Å². The molecule has 59 valence electrons. The van der Waals surface area contributed by atoms with Crippen LogP contribution in [0.3, 0.4) is 0 Å². The minimum Gasteiger partial charge on any atom is -0.539 e. The van der Waals surface area contributed by atoms with Crippen LogP contribution in [-0.2, 0) is 42.2 Å². The van der Waals surface area contributed by atoms with Gasteiger partial charge in [0.1, 0.15) is 0 Å². The van der Waals surface area contributed by atoms with Crippen LogP contribution in [0.5, 0.6) is 0 Å². The molecule has 1 fully saturated rings. The fourth-order valence-corrected chi connectivity index (χ4v) is 1.10. The van der Waals surface area contributed by atoms with Crippen LogP contribution in [0.15, 0.2) is 30.3 Å². The van der Waals surface area contributed by atoms with Gasteiger partial charge in [-0.25, -0.2) is 6.29 Å². The summed E-state index contributed by atoms with van der Waals surface area (Å²) in [4.78, 5) is 10.1. The van der Waals surface area contributed by atoms with Gasteiger partial charge < -0.3 is 9.53 Å². The van der Waals surface area contributed by atoms with Crippen molar-refractivity contribution in [3.8, 4) is 0 Å². The Morgan fingerprint density at radius 2 is 1.92 bits per heavy atom. The van der Waals surface area contributed by atoms with Gasteiger partial charge in [0.05, 0.1) is 6.10 Å². The van der Waals surface area contributed by atoms with Crippen LogP contribution < -0.4 is 0 Å². The van der Waals surface area contributed by atoms with E-state index in [4.69, 9.17) is 4.74 Å². The first-order valence-electron chi connectivity index (χ1n) is 3.50. The summed E-state index contributed by atoms with van der Waals surface area (Å²) < 4.78 is 5.03. The fraction of sp³-hybridized carbons (Fsp3) is 0.222. The van der Waals surface area contributed by atoms with Gasteiger partial charge in [-0.15, -0.1) is 0 Å². The quantitative estimate of drug-likeness (QED) is 0.571. The van der Waals surface area contributed by atoms with Crippen LogP contribution in [0.4, 0.5) is 0 Å². The molecular weight excluding hydrogens is 229 g/mol. The predicted octanol–water partition coefficient (Wildman–Crippen LogP) is 1.23. The topological polar surface area (TPSA) is 29.6 Å². The molecule has 0 N–H and O–H groups in total. The van der Waals surface area contributed by atoms with Gasteiger partial charge in [0.15, 0.2) is 0 Å². The van der Waals surface area contributed by atoms with Crippen LogP contribution in [0.25, 0.3) is 0 Å². The van der Waals surface area contributed by atoms with E-state index in [9.17, 15) is 4.79 Å². The molecule has 0 saturated carbocycles. The molecule has 1 heterocycles. The number of carbonyl (C=O) groups excluding carboxylic acids is 1. The monoisotopic (exact) mass is 236 g/mol. The molecule has 0 amide bonds. The maximum absolute atomic E-state index is 10.1. The molecule has 1 aromatic rings. The van der Waals surface area contributed by atoms with E-state index >= 15 is 0 Å². The Kier molecular flexibility index (Phi) is 3.57. The number of hydrogen-bond donors (Lipinski definition) is 0. The van der Waals surface area contributed by atoms with Crippen molar-refractivity contribution in [3.05, 3.63) is 35.9 Å². The molecular formula is C9H7O2Y-. The molecule has 0 spiro atoms. The summed E-state index contributed by atoms with van der Waals surface area (Å²) in [6.45, 7) is 0. The second-order valence-electron chi connectivity index (χ2n) is 2.51. The Balaban J connectivity index is 0.000000720. The van der Waals surface area contributed by atoms with E-state index in [1.165, 1.54) is 0 Å². The standard InChI is InChI=1S/C9H7O2.Y/c10-6-8-9(11-8)7-4-2-1-3-5-7;/h1-5,8-9H;/q-1;/t8-,9+;/m0./s1. The Labute approximate surface area is 96.2 Å². The summed E-state index contributed by atoms with van der Waals surface area (Å²) in [5, 5.41) is 0.